The zero-order valence-electron chi connectivity index (χ0n) is 11.0. The number of hydrogen-bond acceptors (Lipinski definition) is 3. The third-order valence-electron chi connectivity index (χ3n) is 3.09. The Morgan fingerprint density at radius 1 is 0.952 bits per heavy atom. The number of aromatic nitrogens is 1. The SMILES string of the molecule is NCc1nc(-c2ccc(F)c(F)c2)sc1-c1ccccc1. The molecule has 1 heterocycles. The summed E-state index contributed by atoms with van der Waals surface area (Å²) in [6, 6.07) is 13.5. The first kappa shape index (κ1) is 13.9. The second-order valence-corrected chi connectivity index (χ2v) is 5.49. The van der Waals surface area contributed by atoms with Crippen molar-refractivity contribution in [2.75, 3.05) is 0 Å². The number of rotatable bonds is 3. The Balaban J connectivity index is 2.09. The van der Waals surface area contributed by atoms with Gasteiger partial charge in [0, 0.05) is 12.1 Å². The Morgan fingerprint density at radius 2 is 1.71 bits per heavy atom. The van der Waals surface area contributed by atoms with Crippen molar-refractivity contribution < 1.29 is 8.78 Å². The molecule has 1 aromatic heterocycles. The van der Waals surface area contributed by atoms with Crippen LogP contribution in [0.3, 0.4) is 0 Å². The number of halogens is 2. The van der Waals surface area contributed by atoms with Gasteiger partial charge in [-0.15, -0.1) is 11.3 Å². The molecule has 0 amide bonds. The van der Waals surface area contributed by atoms with E-state index in [1.165, 1.54) is 17.4 Å². The van der Waals surface area contributed by atoms with Crippen LogP contribution >= 0.6 is 11.3 Å². The van der Waals surface area contributed by atoms with Crippen LogP contribution in [0, 0.1) is 11.6 Å². The van der Waals surface area contributed by atoms with E-state index in [0.29, 0.717) is 17.1 Å². The van der Waals surface area contributed by atoms with Gasteiger partial charge in [-0.25, -0.2) is 13.8 Å². The van der Waals surface area contributed by atoms with Gasteiger partial charge in [-0.1, -0.05) is 30.3 Å². The Bertz CT molecular complexity index is 769. The lowest BCUT2D eigenvalue weighted by Crippen LogP contribution is -1.98. The molecule has 0 atom stereocenters. The summed E-state index contributed by atoms with van der Waals surface area (Å²) in [4.78, 5) is 5.41. The molecule has 2 N–H and O–H groups in total. The van der Waals surface area contributed by atoms with Gasteiger partial charge in [-0.05, 0) is 23.8 Å². The van der Waals surface area contributed by atoms with Crippen molar-refractivity contribution >= 4 is 11.3 Å². The number of benzene rings is 2. The molecule has 0 spiro atoms. The van der Waals surface area contributed by atoms with Gasteiger partial charge < -0.3 is 5.73 Å². The van der Waals surface area contributed by atoms with Gasteiger partial charge >= 0.3 is 0 Å². The summed E-state index contributed by atoms with van der Waals surface area (Å²) in [5.41, 5.74) is 8.07. The third kappa shape index (κ3) is 2.70. The molecule has 0 fully saturated rings. The maximum Gasteiger partial charge on any atom is 0.159 e. The Hall–Kier alpha value is -2.11. The van der Waals surface area contributed by atoms with E-state index in [9.17, 15) is 8.78 Å². The molecule has 0 aliphatic rings. The minimum absolute atomic E-state index is 0.296. The highest BCUT2D eigenvalue weighted by atomic mass is 32.1. The minimum Gasteiger partial charge on any atom is -0.325 e. The van der Waals surface area contributed by atoms with E-state index >= 15 is 0 Å². The van der Waals surface area contributed by atoms with E-state index in [0.717, 1.165) is 28.3 Å². The molecule has 0 bridgehead atoms. The van der Waals surface area contributed by atoms with E-state index in [4.69, 9.17) is 5.73 Å². The zero-order chi connectivity index (χ0) is 14.8. The lowest BCUT2D eigenvalue weighted by molar-refractivity contribution is 0.509. The highest BCUT2D eigenvalue weighted by molar-refractivity contribution is 7.18. The summed E-state index contributed by atoms with van der Waals surface area (Å²) < 4.78 is 26.4. The fourth-order valence-corrected chi connectivity index (χ4v) is 3.15. The molecule has 106 valence electrons. The normalized spacial score (nSPS) is 10.8. The quantitative estimate of drug-likeness (QED) is 0.787. The van der Waals surface area contributed by atoms with Crippen LogP contribution in [0.25, 0.3) is 21.0 Å². The molecule has 3 aromatic rings. The summed E-state index contributed by atoms with van der Waals surface area (Å²) in [5, 5.41) is 0.633. The average Bonchev–Trinajstić information content (AvgIpc) is 2.95. The van der Waals surface area contributed by atoms with Crippen LogP contribution in [0.5, 0.6) is 0 Å². The molecule has 0 radical (unpaired) electrons. The molecule has 0 unspecified atom stereocenters. The van der Waals surface area contributed by atoms with Gasteiger partial charge in [0.05, 0.1) is 10.6 Å². The van der Waals surface area contributed by atoms with E-state index in [1.54, 1.807) is 0 Å². The molecule has 0 saturated heterocycles. The van der Waals surface area contributed by atoms with Crippen LogP contribution in [0.1, 0.15) is 5.69 Å². The van der Waals surface area contributed by atoms with Crippen molar-refractivity contribution in [2.24, 2.45) is 5.73 Å². The Labute approximate surface area is 124 Å². The second-order valence-electron chi connectivity index (χ2n) is 4.49. The Kier molecular flexibility index (Phi) is 3.77. The van der Waals surface area contributed by atoms with Gasteiger partial charge in [0.25, 0.3) is 0 Å². The fraction of sp³-hybridized carbons (Fsp3) is 0.0625. The van der Waals surface area contributed by atoms with Gasteiger partial charge in [-0.2, -0.15) is 0 Å². The topological polar surface area (TPSA) is 38.9 Å². The standard InChI is InChI=1S/C16H12F2N2S/c17-12-7-6-11(8-13(12)18)16-20-14(9-19)15(21-16)10-4-2-1-3-5-10/h1-8H,9,19H2. The predicted octanol–water partition coefficient (Wildman–Crippen LogP) is 4.21. The molecule has 0 aliphatic heterocycles. The summed E-state index contributed by atoms with van der Waals surface area (Å²) in [6.07, 6.45) is 0. The maximum atomic E-state index is 13.4. The summed E-state index contributed by atoms with van der Waals surface area (Å²) in [5.74, 6) is -1.74. The third-order valence-corrected chi connectivity index (χ3v) is 4.29. The van der Waals surface area contributed by atoms with Crippen molar-refractivity contribution in [1.82, 2.24) is 4.98 Å². The molecule has 2 aromatic carbocycles. The van der Waals surface area contributed by atoms with Crippen molar-refractivity contribution in [2.45, 2.75) is 6.54 Å². The Morgan fingerprint density at radius 3 is 2.38 bits per heavy atom. The van der Waals surface area contributed by atoms with Crippen molar-refractivity contribution in [3.63, 3.8) is 0 Å². The van der Waals surface area contributed by atoms with Crippen molar-refractivity contribution in [3.8, 4) is 21.0 Å². The lowest BCUT2D eigenvalue weighted by Gasteiger charge is -1.98. The lowest BCUT2D eigenvalue weighted by atomic mass is 10.1. The molecule has 5 heteroatoms. The van der Waals surface area contributed by atoms with Gasteiger partial charge in [-0.3, -0.25) is 0 Å². The van der Waals surface area contributed by atoms with E-state index in [2.05, 4.69) is 4.98 Å². The molecular formula is C16H12F2N2S. The van der Waals surface area contributed by atoms with Crippen LogP contribution in [0.4, 0.5) is 8.78 Å². The molecule has 21 heavy (non-hydrogen) atoms. The first-order chi connectivity index (χ1) is 10.2. The molecule has 2 nitrogen and oxygen atoms in total. The molecule has 0 saturated carbocycles. The van der Waals surface area contributed by atoms with Crippen molar-refractivity contribution in [3.05, 3.63) is 65.9 Å². The van der Waals surface area contributed by atoms with Crippen LogP contribution < -0.4 is 5.73 Å². The monoisotopic (exact) mass is 302 g/mol. The number of nitrogens with two attached hydrogens (primary N) is 1. The van der Waals surface area contributed by atoms with Gasteiger partial charge in [0.15, 0.2) is 11.6 Å². The largest absolute Gasteiger partial charge is 0.325 e. The predicted molar refractivity (Wildman–Crippen MR) is 80.8 cm³/mol. The second kappa shape index (κ2) is 5.71. The zero-order valence-corrected chi connectivity index (χ0v) is 11.8. The number of hydrogen-bond donors (Lipinski definition) is 1. The highest BCUT2D eigenvalue weighted by Crippen LogP contribution is 2.35. The first-order valence-electron chi connectivity index (χ1n) is 6.39. The number of thiazole rings is 1. The van der Waals surface area contributed by atoms with Crippen LogP contribution in [0.15, 0.2) is 48.5 Å². The van der Waals surface area contributed by atoms with E-state index in [1.807, 2.05) is 30.3 Å². The molecule has 0 aliphatic carbocycles. The summed E-state index contributed by atoms with van der Waals surface area (Å²) in [7, 11) is 0. The van der Waals surface area contributed by atoms with Gasteiger partial charge in [0.1, 0.15) is 5.01 Å². The van der Waals surface area contributed by atoms with Crippen LogP contribution in [0.2, 0.25) is 0 Å². The highest BCUT2D eigenvalue weighted by Gasteiger charge is 2.14. The van der Waals surface area contributed by atoms with Crippen molar-refractivity contribution in [1.29, 1.82) is 0 Å². The van der Waals surface area contributed by atoms with Crippen LogP contribution in [-0.2, 0) is 6.54 Å². The van der Waals surface area contributed by atoms with Gasteiger partial charge in [0.2, 0.25) is 0 Å². The number of nitrogens with zero attached hydrogens (tertiary/aromatic N) is 1. The summed E-state index contributed by atoms with van der Waals surface area (Å²) >= 11 is 1.42. The average molecular weight is 302 g/mol. The maximum absolute atomic E-state index is 13.4. The first-order valence-corrected chi connectivity index (χ1v) is 7.21. The molecule has 3 rings (SSSR count). The summed E-state index contributed by atoms with van der Waals surface area (Å²) in [6.45, 7) is 0.296. The van der Waals surface area contributed by atoms with E-state index < -0.39 is 11.6 Å². The smallest absolute Gasteiger partial charge is 0.159 e. The fourth-order valence-electron chi connectivity index (χ4n) is 2.06. The molecular weight excluding hydrogens is 290 g/mol. The minimum atomic E-state index is -0.877. The van der Waals surface area contributed by atoms with E-state index in [-0.39, 0.29) is 0 Å². The van der Waals surface area contributed by atoms with Crippen LogP contribution in [-0.4, -0.2) is 4.98 Å².